The Morgan fingerprint density at radius 2 is 2.12 bits per heavy atom. The molecule has 1 amide bonds. The molecule has 2 rings (SSSR count). The van der Waals surface area contributed by atoms with E-state index in [0.29, 0.717) is 0 Å². The van der Waals surface area contributed by atoms with Crippen LogP contribution in [0.2, 0.25) is 0 Å². The largest absolute Gasteiger partial charge is 0.392 e. The van der Waals surface area contributed by atoms with E-state index in [9.17, 15) is 14.3 Å². The molecule has 1 aromatic heterocycles. The number of carbonyl (C=O) groups excluding carboxylic acids is 1. The van der Waals surface area contributed by atoms with Gasteiger partial charge >= 0.3 is 0 Å². The molecule has 0 spiro atoms. The van der Waals surface area contributed by atoms with E-state index in [1.807, 2.05) is 27.7 Å². The number of nitrogens with zero attached hydrogens (tertiary/aromatic N) is 3. The molecule has 0 saturated carbocycles. The van der Waals surface area contributed by atoms with Gasteiger partial charge in [0.2, 0.25) is 0 Å². The van der Waals surface area contributed by atoms with E-state index < -0.39 is 17.3 Å². The average Bonchev–Trinajstić information content (AvgIpc) is 3.05. The molecule has 2 aromatic rings. The Morgan fingerprint density at radius 3 is 2.67 bits per heavy atom. The monoisotopic (exact) mass is 334 g/mol. The van der Waals surface area contributed by atoms with Crippen LogP contribution in [0.1, 0.15) is 38.1 Å². The minimum atomic E-state index is -0.561. The molecule has 6 nitrogen and oxygen atoms in total. The highest BCUT2D eigenvalue weighted by Gasteiger charge is 2.30. The summed E-state index contributed by atoms with van der Waals surface area (Å²) in [5.74, 6) is -0.867. The van der Waals surface area contributed by atoms with E-state index in [2.05, 4.69) is 15.4 Å². The second-order valence-corrected chi connectivity index (χ2v) is 6.87. The fourth-order valence-electron chi connectivity index (χ4n) is 2.58. The van der Waals surface area contributed by atoms with Gasteiger partial charge in [0.15, 0.2) is 0 Å². The maximum absolute atomic E-state index is 14.2. The smallest absolute Gasteiger partial charge is 0.251 e. The maximum atomic E-state index is 14.2. The Morgan fingerprint density at radius 1 is 1.42 bits per heavy atom. The van der Waals surface area contributed by atoms with Gasteiger partial charge in [-0.25, -0.2) is 14.1 Å². The van der Waals surface area contributed by atoms with Crippen LogP contribution in [0.15, 0.2) is 30.9 Å². The molecular formula is C17H23FN4O2. The fraction of sp³-hybridized carbons (Fsp3) is 0.471. The Kier molecular flexibility index (Phi) is 5.33. The molecule has 1 aromatic carbocycles. The topological polar surface area (TPSA) is 80.0 Å². The summed E-state index contributed by atoms with van der Waals surface area (Å²) in [6.07, 6.45) is 2.14. The predicted octanol–water partition coefficient (Wildman–Crippen LogP) is 2.18. The summed E-state index contributed by atoms with van der Waals surface area (Å²) in [6.45, 7) is 7.90. The molecule has 0 saturated heterocycles. The lowest BCUT2D eigenvalue weighted by Gasteiger charge is -2.33. The minimum absolute atomic E-state index is 0.0799. The summed E-state index contributed by atoms with van der Waals surface area (Å²) in [5, 5.41) is 16.8. The van der Waals surface area contributed by atoms with Crippen molar-refractivity contribution in [1.82, 2.24) is 20.1 Å². The standard InChI is InChI=1S/C17H23FN4O2/c1-11(2)15(23)17(3,4)8-20-16(24)12-5-6-14(13(18)7-12)22-10-19-9-21-22/h5-7,9-11,15,23H,8H2,1-4H3,(H,20,24). The summed E-state index contributed by atoms with van der Waals surface area (Å²) in [5.41, 5.74) is -0.0472. The van der Waals surface area contributed by atoms with Gasteiger partial charge in [-0.3, -0.25) is 4.79 Å². The van der Waals surface area contributed by atoms with E-state index in [4.69, 9.17) is 0 Å². The molecule has 1 unspecified atom stereocenters. The van der Waals surface area contributed by atoms with E-state index in [-0.39, 0.29) is 29.6 Å². The molecule has 7 heteroatoms. The van der Waals surface area contributed by atoms with Crippen LogP contribution >= 0.6 is 0 Å². The van der Waals surface area contributed by atoms with Gasteiger partial charge in [0, 0.05) is 17.5 Å². The number of carbonyl (C=O) groups is 1. The fourth-order valence-corrected chi connectivity index (χ4v) is 2.58. The Labute approximate surface area is 140 Å². The zero-order valence-corrected chi connectivity index (χ0v) is 14.3. The summed E-state index contributed by atoms with van der Waals surface area (Å²) in [7, 11) is 0. The number of aliphatic hydroxyl groups is 1. The van der Waals surface area contributed by atoms with Crippen LogP contribution in [0.25, 0.3) is 5.69 Å². The zero-order valence-electron chi connectivity index (χ0n) is 14.3. The van der Waals surface area contributed by atoms with Gasteiger partial charge in [-0.1, -0.05) is 27.7 Å². The molecule has 0 radical (unpaired) electrons. The third-order valence-corrected chi connectivity index (χ3v) is 4.01. The number of rotatable bonds is 6. The highest BCUT2D eigenvalue weighted by atomic mass is 19.1. The van der Waals surface area contributed by atoms with Crippen LogP contribution in [0.3, 0.4) is 0 Å². The lowest BCUT2D eigenvalue weighted by Crippen LogP contribution is -2.43. The molecule has 0 fully saturated rings. The summed E-state index contributed by atoms with van der Waals surface area (Å²) in [6, 6.07) is 4.17. The first-order valence-corrected chi connectivity index (χ1v) is 7.83. The first-order valence-electron chi connectivity index (χ1n) is 7.83. The maximum Gasteiger partial charge on any atom is 0.251 e. The number of aromatic nitrogens is 3. The lowest BCUT2D eigenvalue weighted by atomic mass is 9.80. The van der Waals surface area contributed by atoms with Gasteiger partial charge in [0.1, 0.15) is 24.2 Å². The number of hydrogen-bond donors (Lipinski definition) is 2. The van der Waals surface area contributed by atoms with Gasteiger partial charge in [-0.15, -0.1) is 0 Å². The lowest BCUT2D eigenvalue weighted by molar-refractivity contribution is 0.0138. The third-order valence-electron chi connectivity index (χ3n) is 4.01. The molecule has 1 atom stereocenters. The van der Waals surface area contributed by atoms with E-state index >= 15 is 0 Å². The van der Waals surface area contributed by atoms with Crippen LogP contribution in [-0.2, 0) is 0 Å². The van der Waals surface area contributed by atoms with Crippen LogP contribution in [0.5, 0.6) is 0 Å². The minimum Gasteiger partial charge on any atom is -0.392 e. The SMILES string of the molecule is CC(C)C(O)C(C)(C)CNC(=O)c1ccc(-n2cncn2)c(F)c1. The average molecular weight is 334 g/mol. The number of halogens is 1. The van der Waals surface area contributed by atoms with Gasteiger partial charge in [0.25, 0.3) is 5.91 Å². The second-order valence-electron chi connectivity index (χ2n) is 6.87. The normalized spacial score (nSPS) is 13.1. The molecule has 0 aliphatic carbocycles. The van der Waals surface area contributed by atoms with Crippen molar-refractivity contribution in [3.63, 3.8) is 0 Å². The molecule has 0 aliphatic rings. The quantitative estimate of drug-likeness (QED) is 0.848. The summed E-state index contributed by atoms with van der Waals surface area (Å²) >= 11 is 0. The van der Waals surface area contributed by atoms with Crippen molar-refractivity contribution < 1.29 is 14.3 Å². The van der Waals surface area contributed by atoms with Crippen molar-refractivity contribution in [1.29, 1.82) is 0 Å². The van der Waals surface area contributed by atoms with Gasteiger partial charge in [0.05, 0.1) is 6.10 Å². The molecule has 0 bridgehead atoms. The van der Waals surface area contributed by atoms with Crippen LogP contribution in [0.4, 0.5) is 4.39 Å². The van der Waals surface area contributed by atoms with Crippen molar-refractivity contribution in [2.75, 3.05) is 6.54 Å². The van der Waals surface area contributed by atoms with Gasteiger partial charge in [-0.05, 0) is 24.1 Å². The molecular weight excluding hydrogens is 311 g/mol. The highest BCUT2D eigenvalue weighted by molar-refractivity contribution is 5.94. The van der Waals surface area contributed by atoms with E-state index in [1.165, 1.54) is 29.5 Å². The Hall–Kier alpha value is -2.28. The Balaban J connectivity index is 2.07. The molecule has 1 heterocycles. The molecule has 2 N–H and O–H groups in total. The number of aliphatic hydroxyl groups excluding tert-OH is 1. The van der Waals surface area contributed by atoms with Crippen LogP contribution < -0.4 is 5.32 Å². The first kappa shape index (κ1) is 18.1. The van der Waals surface area contributed by atoms with Crippen molar-refractivity contribution in [2.45, 2.75) is 33.8 Å². The number of nitrogens with one attached hydrogen (secondary N) is 1. The van der Waals surface area contributed by atoms with E-state index in [0.717, 1.165) is 6.07 Å². The van der Waals surface area contributed by atoms with E-state index in [1.54, 1.807) is 0 Å². The first-order chi connectivity index (χ1) is 11.2. The predicted molar refractivity (Wildman–Crippen MR) is 88.3 cm³/mol. The van der Waals surface area contributed by atoms with Crippen LogP contribution in [-0.4, -0.2) is 38.4 Å². The molecule has 130 valence electrons. The van der Waals surface area contributed by atoms with Crippen molar-refractivity contribution in [3.8, 4) is 5.69 Å². The van der Waals surface area contributed by atoms with Crippen molar-refractivity contribution >= 4 is 5.91 Å². The van der Waals surface area contributed by atoms with Crippen molar-refractivity contribution in [3.05, 3.63) is 42.2 Å². The molecule has 24 heavy (non-hydrogen) atoms. The van der Waals surface area contributed by atoms with Gasteiger partial charge < -0.3 is 10.4 Å². The number of benzene rings is 1. The van der Waals surface area contributed by atoms with Crippen LogP contribution in [0, 0.1) is 17.2 Å². The molecule has 0 aliphatic heterocycles. The second kappa shape index (κ2) is 7.09. The number of amides is 1. The highest BCUT2D eigenvalue weighted by Crippen LogP contribution is 2.25. The zero-order chi connectivity index (χ0) is 17.9. The van der Waals surface area contributed by atoms with Gasteiger partial charge in [-0.2, -0.15) is 5.10 Å². The third kappa shape index (κ3) is 3.97. The van der Waals surface area contributed by atoms with Crippen molar-refractivity contribution in [2.24, 2.45) is 11.3 Å². The summed E-state index contributed by atoms with van der Waals surface area (Å²) < 4.78 is 15.5. The summed E-state index contributed by atoms with van der Waals surface area (Å²) in [4.78, 5) is 16.0. The number of hydrogen-bond acceptors (Lipinski definition) is 4. The Bertz CT molecular complexity index is 699.